The Bertz CT molecular complexity index is 902. The van der Waals surface area contributed by atoms with E-state index in [4.69, 9.17) is 4.74 Å². The highest BCUT2D eigenvalue weighted by Gasteiger charge is 2.34. The van der Waals surface area contributed by atoms with E-state index in [9.17, 15) is 13.2 Å². The van der Waals surface area contributed by atoms with E-state index < -0.39 is 16.1 Å². The minimum absolute atomic E-state index is 0.0454. The number of nitrogens with one attached hydrogen (secondary N) is 1. The normalized spacial score (nSPS) is 16.2. The number of likely N-dealkylation sites (N-methyl/N-ethyl adjacent to an activating group) is 1. The van der Waals surface area contributed by atoms with E-state index in [1.165, 1.54) is 4.31 Å². The van der Waals surface area contributed by atoms with Crippen molar-refractivity contribution in [3.63, 3.8) is 0 Å². The first-order valence-corrected chi connectivity index (χ1v) is 10.5. The first-order chi connectivity index (χ1) is 12.9. The Morgan fingerprint density at radius 1 is 1.19 bits per heavy atom. The van der Waals surface area contributed by atoms with Gasteiger partial charge in [-0.05, 0) is 24.3 Å². The van der Waals surface area contributed by atoms with E-state index in [1.54, 1.807) is 24.3 Å². The van der Waals surface area contributed by atoms with Crippen LogP contribution in [0.2, 0.25) is 0 Å². The van der Waals surface area contributed by atoms with Crippen LogP contribution in [0.15, 0.2) is 54.6 Å². The molecule has 2 aromatic rings. The van der Waals surface area contributed by atoms with Gasteiger partial charge in [-0.3, -0.25) is 9.10 Å². The molecule has 0 fully saturated rings. The van der Waals surface area contributed by atoms with Crippen LogP contribution in [0.4, 0.5) is 11.4 Å². The summed E-state index contributed by atoms with van der Waals surface area (Å²) in [7, 11) is -1.57. The number of para-hydroxylation sites is 3. The highest BCUT2D eigenvalue weighted by molar-refractivity contribution is 7.92. The Hall–Kier alpha value is -2.74. The van der Waals surface area contributed by atoms with Gasteiger partial charge in [-0.15, -0.1) is 0 Å². The van der Waals surface area contributed by atoms with Crippen molar-refractivity contribution in [1.82, 2.24) is 5.32 Å². The summed E-state index contributed by atoms with van der Waals surface area (Å²) in [6, 6.07) is 16.7. The predicted molar refractivity (Wildman–Crippen MR) is 106 cm³/mol. The third-order valence-corrected chi connectivity index (χ3v) is 5.52. The molecule has 0 unspecified atom stereocenters. The lowest BCUT2D eigenvalue weighted by atomic mass is 10.2. The molecule has 1 N–H and O–H groups in total. The maximum absolute atomic E-state index is 12.5. The minimum Gasteiger partial charge on any atom is -0.476 e. The van der Waals surface area contributed by atoms with Crippen LogP contribution in [0, 0.1) is 0 Å². The summed E-state index contributed by atoms with van der Waals surface area (Å²) in [5.41, 5.74) is 1.51. The standard InChI is InChI=1S/C19H23N3O4S/c1-21(15-8-4-3-5-9-15)13-12-20-19(23)18-14-22(27(2,24)25)16-10-6-7-11-17(16)26-18/h3-11,18H,12-14H2,1-2H3,(H,20,23)/t18-/m0/s1. The van der Waals surface area contributed by atoms with E-state index in [1.807, 2.05) is 42.3 Å². The second-order valence-electron chi connectivity index (χ2n) is 6.42. The molecule has 27 heavy (non-hydrogen) atoms. The lowest BCUT2D eigenvalue weighted by molar-refractivity contribution is -0.127. The summed E-state index contributed by atoms with van der Waals surface area (Å²) >= 11 is 0. The molecule has 8 heteroatoms. The van der Waals surface area contributed by atoms with Crippen LogP contribution < -0.4 is 19.3 Å². The summed E-state index contributed by atoms with van der Waals surface area (Å²) in [6.07, 6.45) is 0.232. The summed E-state index contributed by atoms with van der Waals surface area (Å²) in [5, 5.41) is 2.83. The molecule has 0 aromatic heterocycles. The molecule has 1 heterocycles. The average Bonchev–Trinajstić information content (AvgIpc) is 2.66. The largest absolute Gasteiger partial charge is 0.476 e. The quantitative estimate of drug-likeness (QED) is 0.809. The highest BCUT2D eigenvalue weighted by atomic mass is 32.2. The van der Waals surface area contributed by atoms with Gasteiger partial charge in [0.15, 0.2) is 6.10 Å². The predicted octanol–water partition coefficient (Wildman–Crippen LogP) is 1.47. The molecule has 1 atom stereocenters. The minimum atomic E-state index is -3.51. The van der Waals surface area contributed by atoms with Crippen LogP contribution in [-0.4, -0.2) is 53.4 Å². The Kier molecular flexibility index (Phi) is 5.55. The summed E-state index contributed by atoms with van der Waals surface area (Å²) in [6.45, 7) is 0.996. The number of hydrogen-bond donors (Lipinski definition) is 1. The van der Waals surface area contributed by atoms with Crippen LogP contribution >= 0.6 is 0 Å². The van der Waals surface area contributed by atoms with Crippen LogP contribution in [0.5, 0.6) is 5.75 Å². The number of fused-ring (bicyclic) bond motifs is 1. The number of hydrogen-bond acceptors (Lipinski definition) is 5. The third kappa shape index (κ3) is 4.51. The number of ether oxygens (including phenoxy) is 1. The SMILES string of the molecule is CN(CCNC(=O)[C@@H]1CN(S(C)(=O)=O)c2ccccc2O1)c1ccccc1. The van der Waals surface area contributed by atoms with Gasteiger partial charge in [0.25, 0.3) is 5.91 Å². The third-order valence-electron chi connectivity index (χ3n) is 4.37. The molecular formula is C19H23N3O4S. The van der Waals surface area contributed by atoms with Crippen molar-refractivity contribution in [2.75, 3.05) is 42.1 Å². The Morgan fingerprint density at radius 3 is 2.56 bits per heavy atom. The maximum Gasteiger partial charge on any atom is 0.263 e. The van der Waals surface area contributed by atoms with Gasteiger partial charge in [-0.1, -0.05) is 30.3 Å². The zero-order chi connectivity index (χ0) is 19.4. The molecular weight excluding hydrogens is 366 g/mol. The Labute approximate surface area is 159 Å². The molecule has 0 saturated heterocycles. The van der Waals surface area contributed by atoms with Gasteiger partial charge >= 0.3 is 0 Å². The van der Waals surface area contributed by atoms with Crippen molar-refractivity contribution in [3.05, 3.63) is 54.6 Å². The Balaban J connectivity index is 1.62. The van der Waals surface area contributed by atoms with Gasteiger partial charge < -0.3 is 15.0 Å². The molecule has 7 nitrogen and oxygen atoms in total. The van der Waals surface area contributed by atoms with E-state index in [0.29, 0.717) is 24.5 Å². The van der Waals surface area contributed by atoms with E-state index in [2.05, 4.69) is 5.32 Å². The topological polar surface area (TPSA) is 79.0 Å². The molecule has 144 valence electrons. The van der Waals surface area contributed by atoms with Crippen molar-refractivity contribution in [1.29, 1.82) is 0 Å². The van der Waals surface area contributed by atoms with Gasteiger partial charge in [-0.25, -0.2) is 8.42 Å². The summed E-state index contributed by atoms with van der Waals surface area (Å²) < 4.78 is 31.2. The number of amides is 1. The molecule has 1 aliphatic heterocycles. The van der Waals surface area contributed by atoms with Gasteiger partial charge in [-0.2, -0.15) is 0 Å². The van der Waals surface area contributed by atoms with Crippen LogP contribution in [0.1, 0.15) is 0 Å². The average molecular weight is 389 g/mol. The van der Waals surface area contributed by atoms with Crippen molar-refractivity contribution in [3.8, 4) is 5.75 Å². The van der Waals surface area contributed by atoms with Crippen molar-refractivity contribution >= 4 is 27.3 Å². The molecule has 0 radical (unpaired) electrons. The molecule has 1 amide bonds. The number of rotatable bonds is 6. The van der Waals surface area contributed by atoms with Crippen molar-refractivity contribution < 1.29 is 17.9 Å². The lowest BCUT2D eigenvalue weighted by Crippen LogP contribution is -2.51. The number of carbonyl (C=O) groups excluding carboxylic acids is 1. The molecule has 0 saturated carbocycles. The number of nitrogens with zero attached hydrogens (tertiary/aromatic N) is 2. The van der Waals surface area contributed by atoms with Gasteiger partial charge in [0, 0.05) is 25.8 Å². The summed E-state index contributed by atoms with van der Waals surface area (Å²) in [5.74, 6) is 0.0512. The van der Waals surface area contributed by atoms with Gasteiger partial charge in [0.2, 0.25) is 10.0 Å². The zero-order valence-corrected chi connectivity index (χ0v) is 16.1. The second-order valence-corrected chi connectivity index (χ2v) is 8.32. The fourth-order valence-corrected chi connectivity index (χ4v) is 3.84. The van der Waals surface area contributed by atoms with E-state index in [-0.39, 0.29) is 12.5 Å². The van der Waals surface area contributed by atoms with E-state index in [0.717, 1.165) is 11.9 Å². The molecule has 0 spiro atoms. The van der Waals surface area contributed by atoms with Crippen LogP contribution in [-0.2, 0) is 14.8 Å². The fraction of sp³-hybridized carbons (Fsp3) is 0.316. The maximum atomic E-state index is 12.5. The molecule has 0 aliphatic carbocycles. The van der Waals surface area contributed by atoms with Crippen molar-refractivity contribution in [2.45, 2.75) is 6.10 Å². The summed E-state index contributed by atoms with van der Waals surface area (Å²) in [4.78, 5) is 14.6. The molecule has 2 aromatic carbocycles. The Morgan fingerprint density at radius 2 is 1.85 bits per heavy atom. The smallest absolute Gasteiger partial charge is 0.263 e. The van der Waals surface area contributed by atoms with E-state index >= 15 is 0 Å². The second kappa shape index (κ2) is 7.87. The molecule has 3 rings (SSSR count). The number of sulfonamides is 1. The number of benzene rings is 2. The number of anilines is 2. The molecule has 1 aliphatic rings. The highest BCUT2D eigenvalue weighted by Crippen LogP contribution is 2.34. The first kappa shape index (κ1) is 19.0. The zero-order valence-electron chi connectivity index (χ0n) is 15.3. The van der Waals surface area contributed by atoms with Crippen LogP contribution in [0.3, 0.4) is 0 Å². The lowest BCUT2D eigenvalue weighted by Gasteiger charge is -2.34. The number of carbonyl (C=O) groups is 1. The molecule has 0 bridgehead atoms. The monoisotopic (exact) mass is 389 g/mol. The van der Waals surface area contributed by atoms with Gasteiger partial charge in [0.05, 0.1) is 18.5 Å². The first-order valence-electron chi connectivity index (χ1n) is 8.63. The van der Waals surface area contributed by atoms with Crippen molar-refractivity contribution in [2.24, 2.45) is 0 Å². The van der Waals surface area contributed by atoms with Crippen LogP contribution in [0.25, 0.3) is 0 Å². The van der Waals surface area contributed by atoms with Gasteiger partial charge in [0.1, 0.15) is 5.75 Å². The fourth-order valence-electron chi connectivity index (χ4n) is 2.93.